The van der Waals surface area contributed by atoms with Crippen LogP contribution < -0.4 is 5.56 Å². The van der Waals surface area contributed by atoms with Gasteiger partial charge in [0, 0.05) is 23.6 Å². The van der Waals surface area contributed by atoms with Gasteiger partial charge in [0.15, 0.2) is 0 Å². The van der Waals surface area contributed by atoms with Crippen molar-refractivity contribution in [2.24, 2.45) is 0 Å². The Bertz CT molecular complexity index is 1200. The first-order chi connectivity index (χ1) is 13.0. The van der Waals surface area contributed by atoms with Crippen LogP contribution in [-0.2, 0) is 5.75 Å². The second-order valence-electron chi connectivity index (χ2n) is 6.43. The Morgan fingerprint density at radius 3 is 2.70 bits per heavy atom. The summed E-state index contributed by atoms with van der Waals surface area (Å²) in [5.41, 5.74) is 5.51. The summed E-state index contributed by atoms with van der Waals surface area (Å²) in [6.45, 7) is 6.05. The van der Waals surface area contributed by atoms with Gasteiger partial charge in [-0.25, -0.2) is 4.98 Å². The fourth-order valence-corrected chi connectivity index (χ4v) is 3.43. The molecule has 0 unspecified atom stereocenters. The molecular formula is C20H18N4O2S. The van der Waals surface area contributed by atoms with E-state index in [-0.39, 0.29) is 5.56 Å². The lowest BCUT2D eigenvalue weighted by molar-refractivity contribution is 0.465. The number of benzene rings is 1. The van der Waals surface area contributed by atoms with Gasteiger partial charge >= 0.3 is 0 Å². The Hall–Kier alpha value is -2.93. The Morgan fingerprint density at radius 1 is 1.04 bits per heavy atom. The highest BCUT2D eigenvalue weighted by Gasteiger charge is 2.11. The molecule has 0 radical (unpaired) electrons. The summed E-state index contributed by atoms with van der Waals surface area (Å²) in [5, 5.41) is 8.68. The van der Waals surface area contributed by atoms with E-state index in [4.69, 9.17) is 4.42 Å². The summed E-state index contributed by atoms with van der Waals surface area (Å²) in [6.07, 6.45) is 1.72. The summed E-state index contributed by atoms with van der Waals surface area (Å²) in [5.74, 6) is 0.970. The highest BCUT2D eigenvalue weighted by Crippen LogP contribution is 2.26. The van der Waals surface area contributed by atoms with Crippen molar-refractivity contribution in [2.45, 2.75) is 31.7 Å². The third kappa shape index (κ3) is 3.50. The van der Waals surface area contributed by atoms with E-state index >= 15 is 0 Å². The molecule has 4 aromatic rings. The van der Waals surface area contributed by atoms with Gasteiger partial charge in [0.2, 0.25) is 5.89 Å². The van der Waals surface area contributed by atoms with Crippen LogP contribution in [-0.4, -0.2) is 19.6 Å². The summed E-state index contributed by atoms with van der Waals surface area (Å²) in [4.78, 5) is 16.9. The van der Waals surface area contributed by atoms with Gasteiger partial charge < -0.3 is 4.42 Å². The largest absolute Gasteiger partial charge is 0.411 e. The third-order valence-electron chi connectivity index (χ3n) is 4.44. The van der Waals surface area contributed by atoms with E-state index in [0.717, 1.165) is 11.1 Å². The number of hydrogen-bond donors (Lipinski definition) is 0. The molecular weight excluding hydrogens is 360 g/mol. The SMILES string of the molecule is Cc1ccc(-c2nnc(SCc3cc(=O)n4cccc(C)c4n3)o2)cc1C. The summed E-state index contributed by atoms with van der Waals surface area (Å²) in [6, 6.07) is 11.4. The first-order valence-corrected chi connectivity index (χ1v) is 9.51. The van der Waals surface area contributed by atoms with Crippen LogP contribution in [0.4, 0.5) is 0 Å². The van der Waals surface area contributed by atoms with Crippen LogP contribution in [0, 0.1) is 20.8 Å². The van der Waals surface area contributed by atoms with Crippen molar-refractivity contribution in [2.75, 3.05) is 0 Å². The van der Waals surface area contributed by atoms with Crippen molar-refractivity contribution in [3.8, 4) is 11.5 Å². The number of aromatic nitrogens is 4. The van der Waals surface area contributed by atoms with Crippen LogP contribution in [0.15, 0.2) is 57.0 Å². The van der Waals surface area contributed by atoms with Gasteiger partial charge in [-0.05, 0) is 55.7 Å². The Morgan fingerprint density at radius 2 is 1.89 bits per heavy atom. The maximum atomic E-state index is 12.3. The number of nitrogens with zero attached hydrogens (tertiary/aromatic N) is 4. The van der Waals surface area contributed by atoms with Crippen molar-refractivity contribution in [3.05, 3.63) is 75.3 Å². The van der Waals surface area contributed by atoms with E-state index in [1.807, 2.05) is 37.3 Å². The second kappa shape index (κ2) is 7.00. The normalized spacial score (nSPS) is 11.2. The van der Waals surface area contributed by atoms with E-state index in [9.17, 15) is 4.79 Å². The molecule has 3 heterocycles. The van der Waals surface area contributed by atoms with Crippen molar-refractivity contribution >= 4 is 17.4 Å². The van der Waals surface area contributed by atoms with Crippen molar-refractivity contribution in [1.82, 2.24) is 19.6 Å². The lowest BCUT2D eigenvalue weighted by Crippen LogP contribution is -2.15. The first kappa shape index (κ1) is 17.5. The molecule has 0 N–H and O–H groups in total. The van der Waals surface area contributed by atoms with Crippen molar-refractivity contribution < 1.29 is 4.42 Å². The number of fused-ring (bicyclic) bond motifs is 1. The van der Waals surface area contributed by atoms with Crippen LogP contribution in [0.5, 0.6) is 0 Å². The predicted octanol–water partition coefficient (Wildman–Crippen LogP) is 3.96. The van der Waals surface area contributed by atoms with Gasteiger partial charge in [0.05, 0.1) is 5.69 Å². The molecule has 1 aromatic carbocycles. The standard InChI is InChI=1S/C20H18N4O2S/c1-12-6-7-15(9-14(12)3)19-22-23-20(26-19)27-11-16-10-17(25)24-8-4-5-13(2)18(24)21-16/h4-10H,11H2,1-3H3. The molecule has 0 atom stereocenters. The fraction of sp³-hybridized carbons (Fsp3) is 0.200. The minimum atomic E-state index is -0.0966. The lowest BCUT2D eigenvalue weighted by atomic mass is 10.1. The molecule has 7 heteroatoms. The van der Waals surface area contributed by atoms with Gasteiger partial charge in [0.25, 0.3) is 10.8 Å². The Kier molecular flexibility index (Phi) is 4.53. The van der Waals surface area contributed by atoms with Crippen LogP contribution in [0.2, 0.25) is 0 Å². The molecule has 0 amide bonds. The zero-order chi connectivity index (χ0) is 19.0. The Balaban J connectivity index is 1.55. The molecule has 4 rings (SSSR count). The molecule has 6 nitrogen and oxygen atoms in total. The average Bonchev–Trinajstić information content (AvgIpc) is 3.12. The molecule has 0 bridgehead atoms. The van der Waals surface area contributed by atoms with Gasteiger partial charge in [-0.1, -0.05) is 23.9 Å². The number of rotatable bonds is 4. The zero-order valence-electron chi connectivity index (χ0n) is 15.3. The molecule has 0 spiro atoms. The first-order valence-electron chi connectivity index (χ1n) is 8.53. The number of pyridine rings is 1. The van der Waals surface area contributed by atoms with E-state index < -0.39 is 0 Å². The molecule has 136 valence electrons. The molecule has 0 aliphatic heterocycles. The summed E-state index contributed by atoms with van der Waals surface area (Å²) >= 11 is 1.37. The monoisotopic (exact) mass is 378 g/mol. The van der Waals surface area contributed by atoms with E-state index in [1.165, 1.54) is 22.9 Å². The van der Waals surface area contributed by atoms with Crippen molar-refractivity contribution in [3.63, 3.8) is 0 Å². The molecule has 0 saturated carbocycles. The fourth-order valence-electron chi connectivity index (χ4n) is 2.78. The molecule has 0 aliphatic rings. The number of aryl methyl sites for hydroxylation is 3. The van der Waals surface area contributed by atoms with Crippen LogP contribution in [0.25, 0.3) is 17.1 Å². The molecule has 27 heavy (non-hydrogen) atoms. The number of hydrogen-bond acceptors (Lipinski definition) is 6. The molecule has 0 saturated heterocycles. The maximum Gasteiger partial charge on any atom is 0.277 e. The van der Waals surface area contributed by atoms with Crippen molar-refractivity contribution in [1.29, 1.82) is 0 Å². The second-order valence-corrected chi connectivity index (χ2v) is 7.36. The minimum absolute atomic E-state index is 0.0966. The van der Waals surface area contributed by atoms with E-state index in [2.05, 4.69) is 29.0 Å². The van der Waals surface area contributed by atoms with Crippen LogP contribution >= 0.6 is 11.8 Å². The van der Waals surface area contributed by atoms with Gasteiger partial charge in [-0.2, -0.15) is 0 Å². The predicted molar refractivity (Wildman–Crippen MR) is 105 cm³/mol. The topological polar surface area (TPSA) is 73.3 Å². The third-order valence-corrected chi connectivity index (χ3v) is 5.30. The van der Waals surface area contributed by atoms with E-state index in [1.54, 1.807) is 16.7 Å². The highest BCUT2D eigenvalue weighted by molar-refractivity contribution is 7.98. The molecule has 0 aliphatic carbocycles. The minimum Gasteiger partial charge on any atom is -0.411 e. The highest BCUT2D eigenvalue weighted by atomic mass is 32.2. The summed E-state index contributed by atoms with van der Waals surface area (Å²) in [7, 11) is 0. The Labute approximate surface area is 160 Å². The van der Waals surface area contributed by atoms with Crippen LogP contribution in [0.1, 0.15) is 22.4 Å². The van der Waals surface area contributed by atoms with Crippen LogP contribution in [0.3, 0.4) is 0 Å². The van der Waals surface area contributed by atoms with Gasteiger partial charge in [-0.3, -0.25) is 9.20 Å². The number of thioether (sulfide) groups is 1. The van der Waals surface area contributed by atoms with Gasteiger partial charge in [0.1, 0.15) is 5.65 Å². The summed E-state index contributed by atoms with van der Waals surface area (Å²) < 4.78 is 7.31. The van der Waals surface area contributed by atoms with Gasteiger partial charge in [-0.15, -0.1) is 10.2 Å². The zero-order valence-corrected chi connectivity index (χ0v) is 16.1. The molecule has 3 aromatic heterocycles. The smallest absolute Gasteiger partial charge is 0.277 e. The quantitative estimate of drug-likeness (QED) is 0.501. The lowest BCUT2D eigenvalue weighted by Gasteiger charge is -2.05. The molecule has 0 fully saturated rings. The maximum absolute atomic E-state index is 12.3. The average molecular weight is 378 g/mol. The van der Waals surface area contributed by atoms with E-state index in [0.29, 0.717) is 28.2 Å².